The second kappa shape index (κ2) is 6.47. The molecule has 0 radical (unpaired) electrons. The number of carbonyl (C=O) groups is 2. The van der Waals surface area contributed by atoms with Gasteiger partial charge in [-0.3, -0.25) is 9.59 Å². The molecule has 2 N–H and O–H groups in total. The number of amides is 1. The van der Waals surface area contributed by atoms with E-state index in [1.54, 1.807) is 39.0 Å². The summed E-state index contributed by atoms with van der Waals surface area (Å²) in [7, 11) is 2.99. The van der Waals surface area contributed by atoms with Crippen molar-refractivity contribution in [2.75, 3.05) is 19.5 Å². The van der Waals surface area contributed by atoms with Gasteiger partial charge in [0.25, 0.3) is 0 Å². The van der Waals surface area contributed by atoms with Gasteiger partial charge in [-0.25, -0.2) is 0 Å². The van der Waals surface area contributed by atoms with Crippen LogP contribution in [0.2, 0.25) is 0 Å². The molecule has 6 nitrogen and oxygen atoms in total. The van der Waals surface area contributed by atoms with Crippen LogP contribution in [0.3, 0.4) is 0 Å². The molecule has 0 aromatic heterocycles. The molecular weight excluding hydrogens is 274 g/mol. The SMILES string of the molecule is COc1cc(NC(=O)C(C(=O)O)C(C)(C)C)cc(OC)c1. The summed E-state index contributed by atoms with van der Waals surface area (Å²) in [5.41, 5.74) is -0.273. The quantitative estimate of drug-likeness (QED) is 0.815. The fraction of sp³-hybridized carbons (Fsp3) is 0.467. The number of rotatable bonds is 5. The highest BCUT2D eigenvalue weighted by atomic mass is 16.5. The number of methoxy groups -OCH3 is 2. The third-order valence-corrected chi connectivity index (χ3v) is 2.99. The van der Waals surface area contributed by atoms with Crippen LogP contribution in [0.15, 0.2) is 18.2 Å². The number of ether oxygens (including phenoxy) is 2. The van der Waals surface area contributed by atoms with Crippen LogP contribution < -0.4 is 14.8 Å². The van der Waals surface area contributed by atoms with Crippen molar-refractivity contribution in [1.29, 1.82) is 0 Å². The number of hydrogen-bond acceptors (Lipinski definition) is 4. The summed E-state index contributed by atoms with van der Waals surface area (Å²) in [6, 6.07) is 4.86. The van der Waals surface area contributed by atoms with Crippen LogP contribution in [0.5, 0.6) is 11.5 Å². The molecule has 0 aliphatic rings. The Morgan fingerprint density at radius 1 is 1.10 bits per heavy atom. The number of benzene rings is 1. The predicted molar refractivity (Wildman–Crippen MR) is 78.8 cm³/mol. The van der Waals surface area contributed by atoms with Crippen molar-refractivity contribution in [3.8, 4) is 11.5 Å². The van der Waals surface area contributed by atoms with Crippen LogP contribution in [0, 0.1) is 11.3 Å². The molecule has 1 atom stereocenters. The molecule has 1 aromatic carbocycles. The highest BCUT2D eigenvalue weighted by Gasteiger charge is 2.37. The zero-order valence-corrected chi connectivity index (χ0v) is 12.9. The second-order valence-electron chi connectivity index (χ2n) is 5.73. The highest BCUT2D eigenvalue weighted by molar-refractivity contribution is 6.05. The van der Waals surface area contributed by atoms with Gasteiger partial charge in [0, 0.05) is 23.9 Å². The summed E-state index contributed by atoms with van der Waals surface area (Å²) in [5.74, 6) is -1.88. The number of hydrogen-bond donors (Lipinski definition) is 2. The van der Waals surface area contributed by atoms with E-state index in [2.05, 4.69) is 5.32 Å². The molecule has 116 valence electrons. The molecule has 0 heterocycles. The fourth-order valence-electron chi connectivity index (χ4n) is 1.97. The minimum atomic E-state index is -1.16. The summed E-state index contributed by atoms with van der Waals surface area (Å²) in [4.78, 5) is 23.5. The number of anilines is 1. The van der Waals surface area contributed by atoms with E-state index in [1.165, 1.54) is 14.2 Å². The largest absolute Gasteiger partial charge is 0.497 e. The van der Waals surface area contributed by atoms with Crippen molar-refractivity contribution in [1.82, 2.24) is 0 Å². The molecule has 6 heteroatoms. The van der Waals surface area contributed by atoms with Gasteiger partial charge in [-0.1, -0.05) is 20.8 Å². The maximum Gasteiger partial charge on any atom is 0.316 e. The van der Waals surface area contributed by atoms with E-state index in [0.717, 1.165) is 0 Å². The first-order valence-corrected chi connectivity index (χ1v) is 6.45. The molecule has 1 amide bonds. The molecule has 1 aromatic rings. The van der Waals surface area contributed by atoms with Crippen molar-refractivity contribution in [3.63, 3.8) is 0 Å². The van der Waals surface area contributed by atoms with Gasteiger partial charge in [0.05, 0.1) is 14.2 Å². The number of carbonyl (C=O) groups excluding carboxylic acids is 1. The van der Waals surface area contributed by atoms with Gasteiger partial charge in [0.2, 0.25) is 5.91 Å². The molecule has 0 saturated carbocycles. The highest BCUT2D eigenvalue weighted by Crippen LogP contribution is 2.30. The van der Waals surface area contributed by atoms with E-state index in [4.69, 9.17) is 9.47 Å². The van der Waals surface area contributed by atoms with Crippen molar-refractivity contribution >= 4 is 17.6 Å². The molecule has 0 bridgehead atoms. The van der Waals surface area contributed by atoms with Crippen molar-refractivity contribution in [2.24, 2.45) is 11.3 Å². The summed E-state index contributed by atoms with van der Waals surface area (Å²) in [6.45, 7) is 5.12. The maximum atomic E-state index is 12.2. The van der Waals surface area contributed by atoms with E-state index in [1.807, 2.05) is 0 Å². The lowest BCUT2D eigenvalue weighted by molar-refractivity contribution is -0.149. The molecule has 0 fully saturated rings. The van der Waals surface area contributed by atoms with E-state index in [-0.39, 0.29) is 0 Å². The minimum Gasteiger partial charge on any atom is -0.497 e. The van der Waals surface area contributed by atoms with Gasteiger partial charge in [-0.05, 0) is 5.41 Å². The number of nitrogens with one attached hydrogen (secondary N) is 1. The van der Waals surface area contributed by atoms with Crippen LogP contribution in [-0.4, -0.2) is 31.2 Å². The number of carboxylic acids is 1. The lowest BCUT2D eigenvalue weighted by Crippen LogP contribution is -2.39. The van der Waals surface area contributed by atoms with Crippen LogP contribution in [0.4, 0.5) is 5.69 Å². The zero-order chi connectivity index (χ0) is 16.2. The van der Waals surface area contributed by atoms with Crippen molar-refractivity contribution in [2.45, 2.75) is 20.8 Å². The molecule has 0 saturated heterocycles. The van der Waals surface area contributed by atoms with E-state index in [0.29, 0.717) is 17.2 Å². The number of carboxylic acid groups (broad SMARTS) is 1. The minimum absolute atomic E-state index is 0.423. The van der Waals surface area contributed by atoms with E-state index >= 15 is 0 Å². The van der Waals surface area contributed by atoms with Crippen LogP contribution in [0.1, 0.15) is 20.8 Å². The Kier molecular flexibility index (Phi) is 5.18. The summed E-state index contributed by atoms with van der Waals surface area (Å²) >= 11 is 0. The first-order chi connectivity index (χ1) is 9.68. The molecule has 1 unspecified atom stereocenters. The van der Waals surface area contributed by atoms with Crippen molar-refractivity contribution < 1.29 is 24.2 Å². The summed E-state index contributed by atoms with van der Waals surface area (Å²) in [6.07, 6.45) is 0. The van der Waals surface area contributed by atoms with Gasteiger partial charge in [0.15, 0.2) is 0 Å². The first kappa shape index (κ1) is 16.8. The Morgan fingerprint density at radius 3 is 1.90 bits per heavy atom. The Bertz CT molecular complexity index is 511. The molecule has 0 aliphatic carbocycles. The van der Waals surface area contributed by atoms with Gasteiger partial charge in [-0.2, -0.15) is 0 Å². The third kappa shape index (κ3) is 4.37. The molecule has 0 aliphatic heterocycles. The van der Waals surface area contributed by atoms with E-state index in [9.17, 15) is 14.7 Å². The predicted octanol–water partition coefficient (Wildman–Crippen LogP) is 2.39. The van der Waals surface area contributed by atoms with Crippen LogP contribution in [0.25, 0.3) is 0 Å². The molecule has 1 rings (SSSR count). The van der Waals surface area contributed by atoms with Crippen molar-refractivity contribution in [3.05, 3.63) is 18.2 Å². The van der Waals surface area contributed by atoms with Crippen LogP contribution >= 0.6 is 0 Å². The number of aliphatic carboxylic acids is 1. The third-order valence-electron chi connectivity index (χ3n) is 2.99. The van der Waals surface area contributed by atoms with Gasteiger partial charge < -0.3 is 19.9 Å². The average Bonchev–Trinajstić information content (AvgIpc) is 2.35. The molecular formula is C15H21NO5. The smallest absolute Gasteiger partial charge is 0.316 e. The molecule has 21 heavy (non-hydrogen) atoms. The van der Waals surface area contributed by atoms with E-state index < -0.39 is 23.2 Å². The lowest BCUT2D eigenvalue weighted by atomic mass is 9.80. The molecule has 0 spiro atoms. The lowest BCUT2D eigenvalue weighted by Gasteiger charge is -2.26. The monoisotopic (exact) mass is 295 g/mol. The fourth-order valence-corrected chi connectivity index (χ4v) is 1.97. The van der Waals surface area contributed by atoms with Gasteiger partial charge >= 0.3 is 5.97 Å². The Balaban J connectivity index is 3.04. The maximum absolute atomic E-state index is 12.2. The van der Waals surface area contributed by atoms with Gasteiger partial charge in [0.1, 0.15) is 17.4 Å². The standard InChI is InChI=1S/C15H21NO5/c1-15(2,3)12(14(18)19)13(17)16-9-6-10(20-4)8-11(7-9)21-5/h6-8,12H,1-5H3,(H,16,17)(H,18,19). The Hall–Kier alpha value is -2.24. The normalized spacial score (nSPS) is 12.4. The average molecular weight is 295 g/mol. The Labute approximate surface area is 124 Å². The summed E-state index contributed by atoms with van der Waals surface area (Å²) in [5, 5.41) is 11.8. The first-order valence-electron chi connectivity index (χ1n) is 6.45. The summed E-state index contributed by atoms with van der Waals surface area (Å²) < 4.78 is 10.2. The second-order valence-corrected chi connectivity index (χ2v) is 5.73. The Morgan fingerprint density at radius 2 is 1.57 bits per heavy atom. The topological polar surface area (TPSA) is 84.9 Å². The zero-order valence-electron chi connectivity index (χ0n) is 12.9. The van der Waals surface area contributed by atoms with Gasteiger partial charge in [-0.15, -0.1) is 0 Å². The van der Waals surface area contributed by atoms with Crippen LogP contribution in [-0.2, 0) is 9.59 Å².